The minimum absolute atomic E-state index is 0.00836. The first-order valence-electron chi connectivity index (χ1n) is 4.90. The lowest BCUT2D eigenvalue weighted by Gasteiger charge is -2.04. The largest absolute Gasteiger partial charge is 0.476 e. The molecule has 0 saturated heterocycles. The molecule has 0 amide bonds. The van der Waals surface area contributed by atoms with Crippen molar-refractivity contribution in [2.24, 2.45) is 5.73 Å². The van der Waals surface area contributed by atoms with Gasteiger partial charge in [-0.3, -0.25) is 0 Å². The zero-order chi connectivity index (χ0) is 13.3. The van der Waals surface area contributed by atoms with Gasteiger partial charge in [0, 0.05) is 11.9 Å². The zero-order valence-electron chi connectivity index (χ0n) is 8.98. The average Bonchev–Trinajstić information content (AvgIpc) is 2.77. The molecular formula is C11H8F2N2O2S. The van der Waals surface area contributed by atoms with E-state index in [0.717, 1.165) is 23.5 Å². The third-order valence-corrected chi connectivity index (χ3v) is 3.13. The normalized spacial score (nSPS) is 10.6. The first-order chi connectivity index (χ1) is 8.52. The van der Waals surface area contributed by atoms with Crippen molar-refractivity contribution in [1.82, 2.24) is 4.98 Å². The van der Waals surface area contributed by atoms with Gasteiger partial charge in [-0.25, -0.2) is 18.6 Å². The second-order valence-corrected chi connectivity index (χ2v) is 4.34. The highest BCUT2D eigenvalue weighted by atomic mass is 32.1. The number of rotatable bonds is 3. The highest BCUT2D eigenvalue weighted by Gasteiger charge is 2.18. The molecule has 2 aromatic rings. The first kappa shape index (κ1) is 12.6. The van der Waals surface area contributed by atoms with Crippen molar-refractivity contribution in [2.75, 3.05) is 0 Å². The molecule has 4 nitrogen and oxygen atoms in total. The summed E-state index contributed by atoms with van der Waals surface area (Å²) in [6.45, 7) is 0.0202. The molecule has 0 unspecified atom stereocenters. The Bertz CT molecular complexity index is 590. The van der Waals surface area contributed by atoms with Gasteiger partial charge in [0.1, 0.15) is 16.6 Å². The Balaban J connectivity index is 2.53. The molecular weight excluding hydrogens is 262 g/mol. The summed E-state index contributed by atoms with van der Waals surface area (Å²) in [6, 6.07) is 2.22. The van der Waals surface area contributed by atoms with Gasteiger partial charge in [-0.15, -0.1) is 11.3 Å². The van der Waals surface area contributed by atoms with E-state index in [1.807, 2.05) is 0 Å². The molecule has 1 aromatic carbocycles. The van der Waals surface area contributed by atoms with E-state index in [-0.39, 0.29) is 22.8 Å². The zero-order valence-corrected chi connectivity index (χ0v) is 9.80. The van der Waals surface area contributed by atoms with Crippen molar-refractivity contribution in [1.29, 1.82) is 0 Å². The topological polar surface area (TPSA) is 76.2 Å². The fourth-order valence-electron chi connectivity index (χ4n) is 1.43. The second-order valence-electron chi connectivity index (χ2n) is 3.48. The molecule has 1 heterocycles. The van der Waals surface area contributed by atoms with E-state index < -0.39 is 17.6 Å². The summed E-state index contributed by atoms with van der Waals surface area (Å²) in [5.41, 5.74) is 5.05. The van der Waals surface area contributed by atoms with Gasteiger partial charge < -0.3 is 10.8 Å². The van der Waals surface area contributed by atoms with Crippen molar-refractivity contribution < 1.29 is 18.7 Å². The Morgan fingerprint density at radius 2 is 2.00 bits per heavy atom. The van der Waals surface area contributed by atoms with Crippen LogP contribution in [0.4, 0.5) is 8.78 Å². The maximum absolute atomic E-state index is 13.7. The highest BCUT2D eigenvalue weighted by molar-refractivity contribution is 7.13. The summed E-state index contributed by atoms with van der Waals surface area (Å²) in [4.78, 5) is 14.3. The molecule has 0 aliphatic heterocycles. The lowest BCUT2D eigenvalue weighted by molar-refractivity contribution is 0.0691. The van der Waals surface area contributed by atoms with Gasteiger partial charge in [-0.2, -0.15) is 0 Å². The van der Waals surface area contributed by atoms with Crippen LogP contribution < -0.4 is 5.73 Å². The monoisotopic (exact) mass is 270 g/mol. The molecule has 0 aliphatic rings. The predicted molar refractivity (Wildman–Crippen MR) is 62.3 cm³/mol. The maximum atomic E-state index is 13.7. The van der Waals surface area contributed by atoms with Crippen LogP contribution in [0.1, 0.15) is 16.1 Å². The highest BCUT2D eigenvalue weighted by Crippen LogP contribution is 2.29. The number of aromatic carboxylic acids is 1. The van der Waals surface area contributed by atoms with E-state index in [1.165, 1.54) is 5.38 Å². The SMILES string of the molecule is NCc1cc(F)c(-c2nc(C(=O)O)cs2)c(F)c1. The molecule has 0 radical (unpaired) electrons. The smallest absolute Gasteiger partial charge is 0.355 e. The van der Waals surface area contributed by atoms with E-state index in [0.29, 0.717) is 5.56 Å². The quantitative estimate of drug-likeness (QED) is 0.896. The number of thiazole rings is 1. The van der Waals surface area contributed by atoms with Crippen LogP contribution in [-0.2, 0) is 6.54 Å². The van der Waals surface area contributed by atoms with E-state index >= 15 is 0 Å². The van der Waals surface area contributed by atoms with Crippen LogP contribution >= 0.6 is 11.3 Å². The molecule has 18 heavy (non-hydrogen) atoms. The number of aromatic nitrogens is 1. The molecule has 0 bridgehead atoms. The predicted octanol–water partition coefficient (Wildman–Crippen LogP) is 2.25. The molecule has 7 heteroatoms. The first-order valence-corrected chi connectivity index (χ1v) is 5.78. The van der Waals surface area contributed by atoms with Crippen molar-refractivity contribution in [3.05, 3.63) is 40.4 Å². The Morgan fingerprint density at radius 1 is 1.39 bits per heavy atom. The van der Waals surface area contributed by atoms with E-state index in [4.69, 9.17) is 10.8 Å². The Labute approximate surface area is 105 Å². The van der Waals surface area contributed by atoms with Crippen LogP contribution in [-0.4, -0.2) is 16.1 Å². The number of nitrogens with two attached hydrogens (primary N) is 1. The lowest BCUT2D eigenvalue weighted by atomic mass is 10.1. The number of carboxylic acid groups (broad SMARTS) is 1. The number of carboxylic acids is 1. The minimum Gasteiger partial charge on any atom is -0.476 e. The van der Waals surface area contributed by atoms with Crippen LogP contribution in [0.2, 0.25) is 0 Å². The van der Waals surface area contributed by atoms with Crippen LogP contribution in [0.25, 0.3) is 10.6 Å². The number of carbonyl (C=O) groups is 1. The van der Waals surface area contributed by atoms with E-state index in [1.54, 1.807) is 0 Å². The van der Waals surface area contributed by atoms with Crippen LogP contribution in [0.15, 0.2) is 17.5 Å². The van der Waals surface area contributed by atoms with Crippen molar-refractivity contribution in [3.63, 3.8) is 0 Å². The Kier molecular flexibility index (Phi) is 3.35. The number of hydrogen-bond acceptors (Lipinski definition) is 4. The molecule has 1 aromatic heterocycles. The fraction of sp³-hybridized carbons (Fsp3) is 0.0909. The van der Waals surface area contributed by atoms with E-state index in [9.17, 15) is 13.6 Å². The molecule has 2 rings (SSSR count). The number of benzene rings is 1. The van der Waals surface area contributed by atoms with Gasteiger partial charge >= 0.3 is 5.97 Å². The second kappa shape index (κ2) is 4.79. The number of hydrogen-bond donors (Lipinski definition) is 2. The molecule has 0 aliphatic carbocycles. The third-order valence-electron chi connectivity index (χ3n) is 2.27. The molecule has 0 atom stereocenters. The van der Waals surface area contributed by atoms with Gasteiger partial charge in [0.05, 0.1) is 5.56 Å². The standard InChI is InChI=1S/C11H8F2N2O2S/c12-6-1-5(3-14)2-7(13)9(6)10-15-8(4-18-10)11(16)17/h1-2,4H,3,14H2,(H,16,17). The Morgan fingerprint density at radius 3 is 2.44 bits per heavy atom. The van der Waals surface area contributed by atoms with Gasteiger partial charge in [0.15, 0.2) is 5.69 Å². The van der Waals surface area contributed by atoms with Crippen molar-refractivity contribution in [2.45, 2.75) is 6.54 Å². The average molecular weight is 270 g/mol. The van der Waals surface area contributed by atoms with Crippen LogP contribution in [0.5, 0.6) is 0 Å². The van der Waals surface area contributed by atoms with Crippen LogP contribution in [0, 0.1) is 11.6 Å². The van der Waals surface area contributed by atoms with Gasteiger partial charge in [0.25, 0.3) is 0 Å². The Hall–Kier alpha value is -1.86. The summed E-state index contributed by atoms with van der Waals surface area (Å²) < 4.78 is 27.4. The van der Waals surface area contributed by atoms with Crippen LogP contribution in [0.3, 0.4) is 0 Å². The summed E-state index contributed by atoms with van der Waals surface area (Å²) >= 11 is 0.870. The molecule has 0 fully saturated rings. The summed E-state index contributed by atoms with van der Waals surface area (Å²) in [7, 11) is 0. The van der Waals surface area contributed by atoms with Gasteiger partial charge in [0.2, 0.25) is 0 Å². The lowest BCUT2D eigenvalue weighted by Crippen LogP contribution is -2.01. The molecule has 3 N–H and O–H groups in total. The van der Waals surface area contributed by atoms with Gasteiger partial charge in [-0.1, -0.05) is 0 Å². The molecule has 0 spiro atoms. The maximum Gasteiger partial charge on any atom is 0.355 e. The molecule has 94 valence electrons. The van der Waals surface area contributed by atoms with Crippen molar-refractivity contribution >= 4 is 17.3 Å². The number of nitrogens with zero attached hydrogens (tertiary/aromatic N) is 1. The third kappa shape index (κ3) is 2.22. The fourth-order valence-corrected chi connectivity index (χ4v) is 2.28. The number of halogens is 2. The van der Waals surface area contributed by atoms with E-state index in [2.05, 4.69) is 4.98 Å². The summed E-state index contributed by atoms with van der Waals surface area (Å²) in [5.74, 6) is -2.85. The van der Waals surface area contributed by atoms with Gasteiger partial charge in [-0.05, 0) is 17.7 Å². The minimum atomic E-state index is -1.24. The molecule has 0 saturated carbocycles. The summed E-state index contributed by atoms with van der Waals surface area (Å²) in [5, 5.41) is 9.93. The summed E-state index contributed by atoms with van der Waals surface area (Å²) in [6.07, 6.45) is 0. The van der Waals surface area contributed by atoms with Crippen molar-refractivity contribution in [3.8, 4) is 10.6 Å².